The molecule has 0 bridgehead atoms. The van der Waals surface area contributed by atoms with E-state index in [1.54, 1.807) is 18.2 Å². The van der Waals surface area contributed by atoms with E-state index in [-0.39, 0.29) is 0 Å². The summed E-state index contributed by atoms with van der Waals surface area (Å²) in [5.74, 6) is 0.906. The van der Waals surface area contributed by atoms with Gasteiger partial charge in [-0.3, -0.25) is 4.72 Å². The van der Waals surface area contributed by atoms with Gasteiger partial charge in [0, 0.05) is 5.69 Å². The lowest BCUT2D eigenvalue weighted by Crippen LogP contribution is -2.11. The van der Waals surface area contributed by atoms with E-state index in [4.69, 9.17) is 4.18 Å². The predicted octanol–water partition coefficient (Wildman–Crippen LogP) is 3.20. The van der Waals surface area contributed by atoms with Crippen LogP contribution in [0.25, 0.3) is 0 Å². The molecule has 1 aliphatic carbocycles. The van der Waals surface area contributed by atoms with Crippen LogP contribution in [0.3, 0.4) is 0 Å². The fraction of sp³-hybridized carbons (Fsp3) is 0.250. The Bertz CT molecular complexity index is 628. The average molecular weight is 303 g/mol. The van der Waals surface area contributed by atoms with Crippen molar-refractivity contribution in [2.24, 2.45) is 5.92 Å². The first-order valence-electron chi connectivity index (χ1n) is 6.92. The minimum absolute atomic E-state index is 0.367. The molecule has 0 saturated heterocycles. The largest absolute Gasteiger partial charge is 0.388 e. The highest BCUT2D eigenvalue weighted by atomic mass is 32.2. The molecule has 2 aromatic rings. The molecule has 0 aromatic heterocycles. The van der Waals surface area contributed by atoms with Crippen LogP contribution in [0.5, 0.6) is 5.75 Å². The first-order chi connectivity index (χ1) is 10.2. The van der Waals surface area contributed by atoms with Crippen LogP contribution in [0.2, 0.25) is 0 Å². The predicted molar refractivity (Wildman–Crippen MR) is 83.0 cm³/mol. The summed E-state index contributed by atoms with van der Waals surface area (Å²) in [5, 5.41) is 10.1. The number of nitrogens with one attached hydrogen (secondary N) is 1. The molecule has 1 aliphatic rings. The molecule has 2 atom stereocenters. The Balaban J connectivity index is 1.64. The maximum atomic E-state index is 11.9. The molecule has 0 heterocycles. The van der Waals surface area contributed by atoms with E-state index in [9.17, 15) is 9.32 Å². The zero-order valence-corrected chi connectivity index (χ0v) is 12.3. The van der Waals surface area contributed by atoms with Gasteiger partial charge in [0.15, 0.2) is 0 Å². The van der Waals surface area contributed by atoms with Gasteiger partial charge in [0.1, 0.15) is 5.75 Å². The molecule has 0 radical (unpaired) electrons. The zero-order valence-electron chi connectivity index (χ0n) is 11.4. The van der Waals surface area contributed by atoms with Crippen LogP contribution in [0.15, 0.2) is 54.6 Å². The lowest BCUT2D eigenvalue weighted by Gasteiger charge is -2.12. The average Bonchev–Trinajstić information content (AvgIpc) is 3.32. The standard InChI is InChI=1S/C16H17NO3S/c18-16(12-9-10-12)13-5-4-6-14(11-13)17-21(19)20-15-7-2-1-3-8-15/h1-8,11-12,16-18H,9-10H2. The number of hydrogen-bond donors (Lipinski definition) is 2. The van der Waals surface area contributed by atoms with Crippen LogP contribution in [-0.4, -0.2) is 9.32 Å². The summed E-state index contributed by atoms with van der Waals surface area (Å²) in [4.78, 5) is 0. The first kappa shape index (κ1) is 14.1. The van der Waals surface area contributed by atoms with Crippen LogP contribution in [0, 0.1) is 5.92 Å². The summed E-state index contributed by atoms with van der Waals surface area (Å²) < 4.78 is 20.0. The monoisotopic (exact) mass is 303 g/mol. The molecule has 0 spiro atoms. The third kappa shape index (κ3) is 3.83. The van der Waals surface area contributed by atoms with Crippen LogP contribution >= 0.6 is 0 Å². The Morgan fingerprint density at radius 3 is 2.62 bits per heavy atom. The quantitative estimate of drug-likeness (QED) is 0.861. The summed E-state index contributed by atoms with van der Waals surface area (Å²) in [6, 6.07) is 16.3. The summed E-state index contributed by atoms with van der Waals surface area (Å²) >= 11 is -1.67. The molecule has 2 N–H and O–H groups in total. The molecule has 110 valence electrons. The van der Waals surface area contributed by atoms with Crippen LogP contribution in [-0.2, 0) is 11.3 Å². The second kappa shape index (κ2) is 6.28. The van der Waals surface area contributed by atoms with Gasteiger partial charge < -0.3 is 9.29 Å². The highest BCUT2D eigenvalue weighted by Crippen LogP contribution is 2.41. The first-order valence-corrected chi connectivity index (χ1v) is 8.00. The topological polar surface area (TPSA) is 58.6 Å². The molecule has 5 heteroatoms. The van der Waals surface area contributed by atoms with Crippen molar-refractivity contribution in [2.75, 3.05) is 4.72 Å². The van der Waals surface area contributed by atoms with Crippen LogP contribution in [0.1, 0.15) is 24.5 Å². The number of anilines is 1. The van der Waals surface area contributed by atoms with Crippen molar-refractivity contribution in [1.82, 2.24) is 0 Å². The van der Waals surface area contributed by atoms with Crippen molar-refractivity contribution in [3.8, 4) is 5.75 Å². The zero-order chi connectivity index (χ0) is 14.7. The molecule has 4 nitrogen and oxygen atoms in total. The normalized spacial score (nSPS) is 17.0. The molecule has 1 fully saturated rings. The van der Waals surface area contributed by atoms with Crippen molar-refractivity contribution < 1.29 is 13.5 Å². The summed E-state index contributed by atoms with van der Waals surface area (Å²) in [6.45, 7) is 0. The van der Waals surface area contributed by atoms with Crippen molar-refractivity contribution in [3.63, 3.8) is 0 Å². The lowest BCUT2D eigenvalue weighted by atomic mass is 10.1. The van der Waals surface area contributed by atoms with Gasteiger partial charge in [-0.2, -0.15) is 4.21 Å². The second-order valence-electron chi connectivity index (χ2n) is 5.14. The van der Waals surface area contributed by atoms with E-state index >= 15 is 0 Å². The highest BCUT2D eigenvalue weighted by molar-refractivity contribution is 7.81. The fourth-order valence-electron chi connectivity index (χ4n) is 2.15. The third-order valence-electron chi connectivity index (χ3n) is 3.41. The minimum atomic E-state index is -1.67. The van der Waals surface area contributed by atoms with Crippen LogP contribution < -0.4 is 8.91 Å². The Morgan fingerprint density at radius 1 is 1.14 bits per heavy atom. The van der Waals surface area contributed by atoms with Gasteiger partial charge in [-0.15, -0.1) is 0 Å². The van der Waals surface area contributed by atoms with E-state index in [1.807, 2.05) is 36.4 Å². The molecule has 1 saturated carbocycles. The highest BCUT2D eigenvalue weighted by Gasteiger charge is 2.30. The van der Waals surface area contributed by atoms with E-state index in [0.29, 0.717) is 17.4 Å². The van der Waals surface area contributed by atoms with E-state index in [1.165, 1.54) is 0 Å². The maximum Gasteiger partial charge on any atom is 0.316 e. The number of para-hydroxylation sites is 1. The Hall–Kier alpha value is -1.85. The van der Waals surface area contributed by atoms with Gasteiger partial charge in [-0.1, -0.05) is 30.3 Å². The molecular weight excluding hydrogens is 286 g/mol. The van der Waals surface area contributed by atoms with Gasteiger partial charge in [0.25, 0.3) is 0 Å². The summed E-state index contributed by atoms with van der Waals surface area (Å²) in [5.41, 5.74) is 1.51. The summed E-state index contributed by atoms with van der Waals surface area (Å²) in [6.07, 6.45) is 1.71. The van der Waals surface area contributed by atoms with Crippen molar-refractivity contribution in [1.29, 1.82) is 0 Å². The molecule has 21 heavy (non-hydrogen) atoms. The number of aliphatic hydroxyl groups is 1. The molecule has 2 aromatic carbocycles. The Labute approximate surface area is 126 Å². The van der Waals surface area contributed by atoms with Gasteiger partial charge >= 0.3 is 11.3 Å². The second-order valence-corrected chi connectivity index (χ2v) is 5.98. The van der Waals surface area contributed by atoms with Gasteiger partial charge in [-0.05, 0) is 48.6 Å². The SMILES string of the molecule is O=S(Nc1cccc(C(O)C2CC2)c1)Oc1ccccc1. The minimum Gasteiger partial charge on any atom is -0.388 e. The maximum absolute atomic E-state index is 11.9. The number of rotatable bonds is 6. The Kier molecular flexibility index (Phi) is 4.22. The molecule has 0 amide bonds. The Morgan fingerprint density at radius 2 is 1.90 bits per heavy atom. The van der Waals surface area contributed by atoms with Crippen molar-refractivity contribution in [2.45, 2.75) is 18.9 Å². The molecule has 2 unspecified atom stereocenters. The summed E-state index contributed by atoms with van der Waals surface area (Å²) in [7, 11) is 0. The third-order valence-corrected chi connectivity index (χ3v) is 4.16. The van der Waals surface area contributed by atoms with Gasteiger partial charge in [0.2, 0.25) is 0 Å². The van der Waals surface area contributed by atoms with Gasteiger partial charge in [0.05, 0.1) is 6.10 Å². The van der Waals surface area contributed by atoms with Crippen LogP contribution in [0.4, 0.5) is 5.69 Å². The molecule has 3 rings (SSSR count). The van der Waals surface area contributed by atoms with Gasteiger partial charge in [-0.25, -0.2) is 0 Å². The fourth-order valence-corrected chi connectivity index (χ4v) is 2.80. The van der Waals surface area contributed by atoms with Crippen molar-refractivity contribution in [3.05, 3.63) is 60.2 Å². The molecule has 0 aliphatic heterocycles. The smallest absolute Gasteiger partial charge is 0.316 e. The van der Waals surface area contributed by atoms with E-state index in [2.05, 4.69) is 4.72 Å². The molecular formula is C16H17NO3S. The van der Waals surface area contributed by atoms with Crippen molar-refractivity contribution >= 4 is 17.0 Å². The lowest BCUT2D eigenvalue weighted by molar-refractivity contribution is 0.154. The number of aliphatic hydroxyl groups excluding tert-OH is 1. The van der Waals surface area contributed by atoms with E-state index < -0.39 is 17.4 Å². The number of benzene rings is 2. The number of hydrogen-bond acceptors (Lipinski definition) is 3. The van der Waals surface area contributed by atoms with E-state index in [0.717, 1.165) is 18.4 Å².